The molecule has 6 heteroatoms. The van der Waals surface area contributed by atoms with Gasteiger partial charge in [-0.3, -0.25) is 9.80 Å². The fourth-order valence-corrected chi connectivity index (χ4v) is 4.40. The number of piperazine rings is 1. The van der Waals surface area contributed by atoms with Crippen LogP contribution < -0.4 is 18.9 Å². The monoisotopic (exact) mass is 462 g/mol. The SMILES string of the molecule is COc1ccc(OCCN2CCN(C(c3ccc(OC)cc3)c3ccc(OC)cc3)CC2)cc1. The number of hydrogen-bond acceptors (Lipinski definition) is 6. The highest BCUT2D eigenvalue weighted by Crippen LogP contribution is 2.32. The van der Waals surface area contributed by atoms with Gasteiger partial charge < -0.3 is 18.9 Å². The fraction of sp³-hybridized carbons (Fsp3) is 0.357. The Kier molecular flexibility index (Phi) is 8.28. The Morgan fingerprint density at radius 1 is 0.588 bits per heavy atom. The minimum Gasteiger partial charge on any atom is -0.497 e. The second-order valence-corrected chi connectivity index (χ2v) is 8.35. The minimum atomic E-state index is 0.189. The fourth-order valence-electron chi connectivity index (χ4n) is 4.40. The van der Waals surface area contributed by atoms with E-state index in [4.69, 9.17) is 18.9 Å². The van der Waals surface area contributed by atoms with Gasteiger partial charge in [-0.05, 0) is 59.7 Å². The molecular formula is C28H34N2O4. The molecule has 1 aliphatic heterocycles. The standard InChI is InChI=1S/C28H34N2O4/c1-31-24-8-4-22(5-9-24)28(23-6-10-25(32-2)11-7-23)30-18-16-29(17-19-30)20-21-34-27-14-12-26(33-3)13-15-27/h4-15,28H,16-21H2,1-3H3. The normalized spacial score (nSPS) is 14.7. The molecule has 34 heavy (non-hydrogen) atoms. The summed E-state index contributed by atoms with van der Waals surface area (Å²) in [6.45, 7) is 5.59. The van der Waals surface area contributed by atoms with Gasteiger partial charge in [0.2, 0.25) is 0 Å². The molecule has 0 atom stereocenters. The molecule has 6 nitrogen and oxygen atoms in total. The van der Waals surface area contributed by atoms with Crippen molar-refractivity contribution in [1.82, 2.24) is 9.80 Å². The third-order valence-electron chi connectivity index (χ3n) is 6.37. The topological polar surface area (TPSA) is 43.4 Å². The molecule has 0 aromatic heterocycles. The van der Waals surface area contributed by atoms with Gasteiger partial charge in [0.25, 0.3) is 0 Å². The summed E-state index contributed by atoms with van der Waals surface area (Å²) in [5.74, 6) is 3.46. The van der Waals surface area contributed by atoms with Gasteiger partial charge in [-0.1, -0.05) is 24.3 Å². The van der Waals surface area contributed by atoms with E-state index in [-0.39, 0.29) is 6.04 Å². The molecule has 0 amide bonds. The molecule has 4 rings (SSSR count). The van der Waals surface area contributed by atoms with E-state index in [1.807, 2.05) is 48.5 Å². The number of methoxy groups -OCH3 is 3. The maximum absolute atomic E-state index is 5.93. The summed E-state index contributed by atoms with van der Waals surface area (Å²) in [6, 6.07) is 24.8. The second kappa shape index (κ2) is 11.8. The number of benzene rings is 3. The van der Waals surface area contributed by atoms with Crippen molar-refractivity contribution in [2.24, 2.45) is 0 Å². The molecule has 1 saturated heterocycles. The van der Waals surface area contributed by atoms with Crippen molar-refractivity contribution in [1.29, 1.82) is 0 Å². The molecule has 0 unspecified atom stereocenters. The van der Waals surface area contributed by atoms with Gasteiger partial charge in [0.1, 0.15) is 29.6 Å². The van der Waals surface area contributed by atoms with E-state index in [1.54, 1.807) is 21.3 Å². The third-order valence-corrected chi connectivity index (χ3v) is 6.37. The number of hydrogen-bond donors (Lipinski definition) is 0. The molecule has 1 heterocycles. The minimum absolute atomic E-state index is 0.189. The van der Waals surface area contributed by atoms with Crippen molar-refractivity contribution >= 4 is 0 Å². The van der Waals surface area contributed by atoms with Crippen molar-refractivity contribution in [3.63, 3.8) is 0 Å². The summed E-state index contributed by atoms with van der Waals surface area (Å²) in [5.41, 5.74) is 2.53. The molecule has 180 valence electrons. The molecule has 3 aromatic carbocycles. The predicted molar refractivity (Wildman–Crippen MR) is 134 cm³/mol. The maximum atomic E-state index is 5.93. The largest absolute Gasteiger partial charge is 0.497 e. The van der Waals surface area contributed by atoms with Gasteiger partial charge in [-0.2, -0.15) is 0 Å². The highest BCUT2D eigenvalue weighted by molar-refractivity contribution is 5.38. The van der Waals surface area contributed by atoms with Crippen LogP contribution in [0.1, 0.15) is 17.2 Å². The van der Waals surface area contributed by atoms with Crippen molar-refractivity contribution in [3.8, 4) is 23.0 Å². The van der Waals surface area contributed by atoms with Crippen molar-refractivity contribution in [2.75, 3.05) is 60.7 Å². The Labute approximate surface area is 202 Å². The van der Waals surface area contributed by atoms with E-state index in [2.05, 4.69) is 34.1 Å². The van der Waals surface area contributed by atoms with Crippen LogP contribution in [0.5, 0.6) is 23.0 Å². The Balaban J connectivity index is 1.37. The van der Waals surface area contributed by atoms with Gasteiger partial charge in [0.05, 0.1) is 27.4 Å². The Bertz CT molecular complexity index is 951. The average molecular weight is 463 g/mol. The van der Waals surface area contributed by atoms with E-state index >= 15 is 0 Å². The molecule has 3 aromatic rings. The summed E-state index contributed by atoms with van der Waals surface area (Å²) in [4.78, 5) is 5.03. The van der Waals surface area contributed by atoms with Gasteiger partial charge in [-0.15, -0.1) is 0 Å². The summed E-state index contributed by atoms with van der Waals surface area (Å²) in [5, 5.41) is 0. The molecular weight excluding hydrogens is 428 g/mol. The number of ether oxygens (including phenoxy) is 4. The molecule has 1 aliphatic rings. The molecule has 0 aliphatic carbocycles. The first-order chi connectivity index (χ1) is 16.7. The zero-order valence-corrected chi connectivity index (χ0v) is 20.3. The molecule has 0 spiro atoms. The molecule has 0 radical (unpaired) electrons. The van der Waals surface area contributed by atoms with Gasteiger partial charge >= 0.3 is 0 Å². The zero-order chi connectivity index (χ0) is 23.8. The molecule has 1 fully saturated rings. The number of rotatable bonds is 10. The lowest BCUT2D eigenvalue weighted by Gasteiger charge is -2.39. The quantitative estimate of drug-likeness (QED) is 0.442. The van der Waals surface area contributed by atoms with E-state index in [1.165, 1.54) is 11.1 Å². The van der Waals surface area contributed by atoms with Crippen LogP contribution in [-0.2, 0) is 0 Å². The molecule has 0 bridgehead atoms. The first kappa shape index (κ1) is 23.9. The van der Waals surface area contributed by atoms with Crippen LogP contribution in [0, 0.1) is 0 Å². The van der Waals surface area contributed by atoms with Crippen molar-refractivity contribution in [2.45, 2.75) is 6.04 Å². The van der Waals surface area contributed by atoms with Gasteiger partial charge in [0, 0.05) is 32.7 Å². The Hall–Kier alpha value is -3.22. The highest BCUT2D eigenvalue weighted by Gasteiger charge is 2.26. The summed E-state index contributed by atoms with van der Waals surface area (Å²) in [6.07, 6.45) is 0. The lowest BCUT2D eigenvalue weighted by Crippen LogP contribution is -2.48. The third kappa shape index (κ3) is 6.01. The zero-order valence-electron chi connectivity index (χ0n) is 20.3. The maximum Gasteiger partial charge on any atom is 0.119 e. The summed E-state index contributed by atoms with van der Waals surface area (Å²) >= 11 is 0. The molecule has 0 N–H and O–H groups in total. The van der Waals surface area contributed by atoms with E-state index < -0.39 is 0 Å². The van der Waals surface area contributed by atoms with Crippen LogP contribution in [0.3, 0.4) is 0 Å². The average Bonchev–Trinajstić information content (AvgIpc) is 2.91. The highest BCUT2D eigenvalue weighted by atomic mass is 16.5. The van der Waals surface area contributed by atoms with Crippen LogP contribution in [0.2, 0.25) is 0 Å². The Morgan fingerprint density at radius 3 is 1.44 bits per heavy atom. The van der Waals surface area contributed by atoms with Crippen molar-refractivity contribution < 1.29 is 18.9 Å². The second-order valence-electron chi connectivity index (χ2n) is 8.35. The van der Waals surface area contributed by atoms with Crippen LogP contribution in [0.25, 0.3) is 0 Å². The summed E-state index contributed by atoms with van der Waals surface area (Å²) in [7, 11) is 5.07. The first-order valence-corrected chi connectivity index (χ1v) is 11.7. The summed E-state index contributed by atoms with van der Waals surface area (Å²) < 4.78 is 21.9. The lowest BCUT2D eigenvalue weighted by molar-refractivity contribution is 0.0977. The van der Waals surface area contributed by atoms with Crippen LogP contribution >= 0.6 is 0 Å². The first-order valence-electron chi connectivity index (χ1n) is 11.7. The van der Waals surface area contributed by atoms with Crippen LogP contribution in [0.4, 0.5) is 0 Å². The van der Waals surface area contributed by atoms with Crippen LogP contribution in [0.15, 0.2) is 72.8 Å². The Morgan fingerprint density at radius 2 is 1.00 bits per heavy atom. The van der Waals surface area contributed by atoms with E-state index in [9.17, 15) is 0 Å². The smallest absolute Gasteiger partial charge is 0.119 e. The van der Waals surface area contributed by atoms with E-state index in [0.717, 1.165) is 55.7 Å². The lowest BCUT2D eigenvalue weighted by atomic mass is 9.96. The van der Waals surface area contributed by atoms with Crippen molar-refractivity contribution in [3.05, 3.63) is 83.9 Å². The van der Waals surface area contributed by atoms with Gasteiger partial charge in [0.15, 0.2) is 0 Å². The van der Waals surface area contributed by atoms with E-state index in [0.29, 0.717) is 6.61 Å². The van der Waals surface area contributed by atoms with Gasteiger partial charge in [-0.25, -0.2) is 0 Å². The number of nitrogens with zero attached hydrogens (tertiary/aromatic N) is 2. The molecule has 0 saturated carbocycles. The van der Waals surface area contributed by atoms with Crippen LogP contribution in [-0.4, -0.2) is 70.5 Å². The predicted octanol–water partition coefficient (Wildman–Crippen LogP) is 4.50.